The lowest BCUT2D eigenvalue weighted by Gasteiger charge is -2.17. The van der Waals surface area contributed by atoms with Gasteiger partial charge in [-0.15, -0.1) is 11.3 Å². The summed E-state index contributed by atoms with van der Waals surface area (Å²) in [6.07, 6.45) is 0. The highest BCUT2D eigenvalue weighted by Gasteiger charge is 2.22. The van der Waals surface area contributed by atoms with Crippen LogP contribution in [0.5, 0.6) is 0 Å². The summed E-state index contributed by atoms with van der Waals surface area (Å²) < 4.78 is 4.92. The maximum absolute atomic E-state index is 5.64. The normalized spacial score (nSPS) is 12.2. The molecule has 52 heavy (non-hydrogen) atoms. The molecule has 3 heterocycles. The van der Waals surface area contributed by atoms with Crippen molar-refractivity contribution in [2.45, 2.75) is 0 Å². The average molecular weight is 678 g/mol. The number of para-hydroxylation sites is 1. The van der Waals surface area contributed by atoms with E-state index >= 15 is 0 Å². The van der Waals surface area contributed by atoms with Crippen LogP contribution >= 0.6 is 11.3 Å². The second kappa shape index (κ2) is 10.5. The van der Waals surface area contributed by atoms with Gasteiger partial charge in [0.15, 0.2) is 0 Å². The van der Waals surface area contributed by atoms with Gasteiger partial charge in [-0.1, -0.05) is 133 Å². The second-order valence-electron chi connectivity index (χ2n) is 13.7. The van der Waals surface area contributed by atoms with Gasteiger partial charge in [0.05, 0.1) is 22.2 Å². The van der Waals surface area contributed by atoms with Crippen molar-refractivity contribution in [3.05, 3.63) is 164 Å². The van der Waals surface area contributed by atoms with E-state index in [-0.39, 0.29) is 0 Å². The third-order valence-electron chi connectivity index (χ3n) is 11.0. The summed E-state index contributed by atoms with van der Waals surface area (Å²) in [5, 5.41) is 15.6. The highest BCUT2D eigenvalue weighted by Crippen LogP contribution is 2.44. The fraction of sp³-hybridized carbons (Fsp3) is 0. The van der Waals surface area contributed by atoms with Crippen LogP contribution in [-0.2, 0) is 0 Å². The summed E-state index contributed by atoms with van der Waals surface area (Å²) in [7, 11) is 0. The van der Waals surface area contributed by atoms with Gasteiger partial charge >= 0.3 is 0 Å². The molecular weight excluding hydrogens is 651 g/mol. The molecule has 3 nitrogen and oxygen atoms in total. The number of aromatic nitrogens is 3. The first-order valence-electron chi connectivity index (χ1n) is 17.7. The van der Waals surface area contributed by atoms with E-state index in [0.29, 0.717) is 5.95 Å². The standard InChI is InChI=1S/C48H27N3S/c1-2-14-30-28(12-1)13-11-21-35(30)46-45-34-18-5-3-15-31(34)32-16-4-6-19-36(32)47(45)50-48(49-46)51-40-22-9-7-17-33(40)39-27-38-29(26-41(39)51)24-25-43-44(38)37-20-8-10-23-42(37)52-43/h1-27H. The Balaban J connectivity index is 1.27. The molecule has 0 radical (unpaired) electrons. The van der Waals surface area contributed by atoms with Crippen LogP contribution in [0.1, 0.15) is 0 Å². The lowest BCUT2D eigenvalue weighted by molar-refractivity contribution is 1.02. The van der Waals surface area contributed by atoms with Crippen LogP contribution in [0.25, 0.3) is 113 Å². The predicted octanol–water partition coefficient (Wildman–Crippen LogP) is 13.4. The highest BCUT2D eigenvalue weighted by atomic mass is 32.1. The molecule has 0 saturated heterocycles. The summed E-state index contributed by atoms with van der Waals surface area (Å²) in [4.78, 5) is 11.2. The van der Waals surface area contributed by atoms with Crippen LogP contribution in [0.4, 0.5) is 0 Å². The lowest BCUT2D eigenvalue weighted by atomic mass is 9.93. The van der Waals surface area contributed by atoms with Gasteiger partial charge in [0.25, 0.3) is 0 Å². The van der Waals surface area contributed by atoms with E-state index in [1.54, 1.807) is 0 Å². The smallest absolute Gasteiger partial charge is 0.235 e. The quantitative estimate of drug-likeness (QED) is 0.171. The van der Waals surface area contributed by atoms with Crippen LogP contribution in [0.2, 0.25) is 0 Å². The third kappa shape index (κ3) is 3.79. The largest absolute Gasteiger partial charge is 0.278 e. The van der Waals surface area contributed by atoms with E-state index in [1.165, 1.54) is 63.3 Å². The Hall–Kier alpha value is -6.62. The maximum atomic E-state index is 5.64. The van der Waals surface area contributed by atoms with Gasteiger partial charge < -0.3 is 0 Å². The molecule has 0 aliphatic rings. The van der Waals surface area contributed by atoms with Gasteiger partial charge in [-0.25, -0.2) is 9.97 Å². The molecule has 0 atom stereocenters. The molecule has 240 valence electrons. The van der Waals surface area contributed by atoms with E-state index < -0.39 is 0 Å². The molecule has 0 bridgehead atoms. The van der Waals surface area contributed by atoms with Gasteiger partial charge in [-0.3, -0.25) is 4.57 Å². The Morgan fingerprint density at radius 1 is 0.385 bits per heavy atom. The fourth-order valence-corrected chi connectivity index (χ4v) is 9.83. The molecule has 3 aromatic heterocycles. The molecule has 0 N–H and O–H groups in total. The first-order chi connectivity index (χ1) is 25.8. The molecule has 0 saturated carbocycles. The lowest BCUT2D eigenvalue weighted by Crippen LogP contribution is -2.04. The highest BCUT2D eigenvalue weighted by molar-refractivity contribution is 7.26. The van der Waals surface area contributed by atoms with Crippen molar-refractivity contribution in [2.24, 2.45) is 0 Å². The summed E-state index contributed by atoms with van der Waals surface area (Å²) >= 11 is 1.87. The minimum Gasteiger partial charge on any atom is -0.278 e. The molecule has 12 rings (SSSR count). The first-order valence-corrected chi connectivity index (χ1v) is 18.5. The summed E-state index contributed by atoms with van der Waals surface area (Å²) in [6, 6.07) is 59.3. The van der Waals surface area contributed by atoms with Crippen molar-refractivity contribution in [1.29, 1.82) is 0 Å². The number of rotatable bonds is 2. The Morgan fingerprint density at radius 2 is 1.06 bits per heavy atom. The predicted molar refractivity (Wildman–Crippen MR) is 222 cm³/mol. The number of thiophene rings is 1. The van der Waals surface area contributed by atoms with Crippen LogP contribution in [0.15, 0.2) is 164 Å². The molecule has 0 aliphatic carbocycles. The maximum Gasteiger partial charge on any atom is 0.235 e. The van der Waals surface area contributed by atoms with Crippen LogP contribution in [0.3, 0.4) is 0 Å². The first kappa shape index (κ1) is 28.1. The van der Waals surface area contributed by atoms with Crippen molar-refractivity contribution in [2.75, 3.05) is 0 Å². The third-order valence-corrected chi connectivity index (χ3v) is 12.1. The Labute approximate surface area is 301 Å². The topological polar surface area (TPSA) is 30.7 Å². The number of hydrogen-bond acceptors (Lipinski definition) is 3. The van der Waals surface area contributed by atoms with E-state index in [2.05, 4.69) is 168 Å². The average Bonchev–Trinajstić information content (AvgIpc) is 3.75. The Bertz CT molecular complexity index is 3470. The molecular formula is C48H27N3S. The molecule has 4 heteroatoms. The van der Waals surface area contributed by atoms with Gasteiger partial charge in [0.1, 0.15) is 0 Å². The van der Waals surface area contributed by atoms with Gasteiger partial charge in [-0.2, -0.15) is 0 Å². The number of nitrogens with zero attached hydrogens (tertiary/aromatic N) is 3. The molecule has 0 aliphatic heterocycles. The number of fused-ring (bicyclic) bond motifs is 15. The minimum absolute atomic E-state index is 0.670. The van der Waals surface area contributed by atoms with E-state index in [1.807, 2.05) is 11.3 Å². The van der Waals surface area contributed by atoms with Crippen LogP contribution in [-0.4, -0.2) is 14.5 Å². The van der Waals surface area contributed by atoms with Crippen LogP contribution < -0.4 is 0 Å². The fourth-order valence-electron chi connectivity index (χ4n) is 8.71. The summed E-state index contributed by atoms with van der Waals surface area (Å²) in [5.41, 5.74) is 5.19. The van der Waals surface area contributed by atoms with E-state index in [0.717, 1.165) is 44.0 Å². The van der Waals surface area contributed by atoms with Gasteiger partial charge in [0.2, 0.25) is 5.95 Å². The molecule has 0 spiro atoms. The van der Waals surface area contributed by atoms with E-state index in [4.69, 9.17) is 9.97 Å². The zero-order valence-corrected chi connectivity index (χ0v) is 28.7. The molecule has 0 unspecified atom stereocenters. The van der Waals surface area contributed by atoms with Crippen molar-refractivity contribution in [3.63, 3.8) is 0 Å². The van der Waals surface area contributed by atoms with Crippen molar-refractivity contribution in [3.8, 4) is 17.2 Å². The molecule has 12 aromatic rings. The van der Waals surface area contributed by atoms with Gasteiger partial charge in [-0.05, 0) is 68.0 Å². The zero-order chi connectivity index (χ0) is 33.9. The summed E-state index contributed by atoms with van der Waals surface area (Å²) in [5.74, 6) is 0.670. The number of hydrogen-bond donors (Lipinski definition) is 0. The number of benzene rings is 9. The SMILES string of the molecule is c1ccc2c(-c3nc(-n4c5ccccc5c5cc6c(ccc7sc8ccccc8c76)cc54)nc4c5ccccc5c5ccccc5c34)cccc2c1. The van der Waals surface area contributed by atoms with Crippen LogP contribution in [0, 0.1) is 0 Å². The van der Waals surface area contributed by atoms with Gasteiger partial charge in [0, 0.05) is 47.3 Å². The monoisotopic (exact) mass is 677 g/mol. The minimum atomic E-state index is 0.670. The molecule has 0 fully saturated rings. The van der Waals surface area contributed by atoms with E-state index in [9.17, 15) is 0 Å². The summed E-state index contributed by atoms with van der Waals surface area (Å²) in [6.45, 7) is 0. The Morgan fingerprint density at radius 3 is 1.92 bits per heavy atom. The molecule has 0 amide bonds. The molecule has 9 aromatic carbocycles. The van der Waals surface area contributed by atoms with Crippen molar-refractivity contribution < 1.29 is 0 Å². The van der Waals surface area contributed by atoms with Crippen molar-refractivity contribution >= 4 is 107 Å². The zero-order valence-electron chi connectivity index (χ0n) is 27.8. The Kier molecular flexibility index (Phi) is 5.65. The second-order valence-corrected chi connectivity index (χ2v) is 14.8. The van der Waals surface area contributed by atoms with Crippen molar-refractivity contribution in [1.82, 2.24) is 14.5 Å².